The Bertz CT molecular complexity index is 1070. The van der Waals surface area contributed by atoms with Crippen LogP contribution < -0.4 is 15.0 Å². The van der Waals surface area contributed by atoms with Crippen molar-refractivity contribution in [3.63, 3.8) is 0 Å². The van der Waals surface area contributed by atoms with Gasteiger partial charge in [0.15, 0.2) is 17.1 Å². The Morgan fingerprint density at radius 2 is 2.21 bits per heavy atom. The number of carbonyl (C=O) groups is 2. The molecule has 3 amide bonds. The number of aromatic nitrogens is 2. The monoisotopic (exact) mass is 381 g/mol. The summed E-state index contributed by atoms with van der Waals surface area (Å²) in [5.74, 6) is 0.752. The number of urea groups is 1. The maximum absolute atomic E-state index is 12.7. The van der Waals surface area contributed by atoms with E-state index in [0.717, 1.165) is 11.1 Å². The van der Waals surface area contributed by atoms with E-state index in [9.17, 15) is 9.59 Å². The second-order valence-corrected chi connectivity index (χ2v) is 6.92. The zero-order valence-corrected chi connectivity index (χ0v) is 15.3. The lowest BCUT2D eigenvalue weighted by Crippen LogP contribution is -2.50. The highest BCUT2D eigenvalue weighted by Crippen LogP contribution is 2.31. The number of ether oxygens (including phenoxy) is 1. The Morgan fingerprint density at radius 1 is 1.36 bits per heavy atom. The molecule has 5 rings (SSSR count). The van der Waals surface area contributed by atoms with Gasteiger partial charge >= 0.3 is 6.03 Å². The number of benzene rings is 1. The number of nitrogens with one attached hydrogen (secondary N) is 1. The van der Waals surface area contributed by atoms with Crippen molar-refractivity contribution in [3.8, 4) is 5.75 Å². The number of fused-ring (bicyclic) bond motifs is 1. The predicted octanol–water partition coefficient (Wildman–Crippen LogP) is 1.86. The van der Waals surface area contributed by atoms with Crippen molar-refractivity contribution in [1.29, 1.82) is 0 Å². The molecular formula is C19H19N5O4. The van der Waals surface area contributed by atoms with Crippen LogP contribution in [-0.4, -0.2) is 59.9 Å². The van der Waals surface area contributed by atoms with Gasteiger partial charge in [0.2, 0.25) is 0 Å². The van der Waals surface area contributed by atoms with Gasteiger partial charge < -0.3 is 19.4 Å². The summed E-state index contributed by atoms with van der Waals surface area (Å²) in [6.07, 6.45) is 3.53. The molecule has 4 heterocycles. The van der Waals surface area contributed by atoms with Gasteiger partial charge in [-0.1, -0.05) is 12.1 Å². The molecule has 2 aliphatic rings. The van der Waals surface area contributed by atoms with E-state index in [1.165, 1.54) is 0 Å². The summed E-state index contributed by atoms with van der Waals surface area (Å²) in [6.45, 7) is 2.36. The second-order valence-electron chi connectivity index (χ2n) is 6.92. The molecule has 0 saturated carbocycles. The van der Waals surface area contributed by atoms with Gasteiger partial charge in [-0.3, -0.25) is 14.4 Å². The van der Waals surface area contributed by atoms with Crippen LogP contribution in [0.5, 0.6) is 5.75 Å². The highest BCUT2D eigenvalue weighted by molar-refractivity contribution is 5.97. The van der Waals surface area contributed by atoms with E-state index >= 15 is 0 Å². The first-order valence-electron chi connectivity index (χ1n) is 9.09. The number of amides is 3. The summed E-state index contributed by atoms with van der Waals surface area (Å²) in [5.41, 5.74) is 1.34. The van der Waals surface area contributed by atoms with E-state index in [2.05, 4.69) is 10.4 Å². The molecule has 0 atom stereocenters. The summed E-state index contributed by atoms with van der Waals surface area (Å²) in [4.78, 5) is 27.9. The highest BCUT2D eigenvalue weighted by atomic mass is 16.5. The van der Waals surface area contributed by atoms with E-state index in [4.69, 9.17) is 9.15 Å². The molecule has 1 aromatic carbocycles. The van der Waals surface area contributed by atoms with Gasteiger partial charge in [0.1, 0.15) is 0 Å². The minimum Gasteiger partial charge on any atom is -0.493 e. The fourth-order valence-corrected chi connectivity index (χ4v) is 3.63. The molecule has 0 radical (unpaired) electrons. The van der Waals surface area contributed by atoms with Crippen molar-refractivity contribution in [2.45, 2.75) is 6.04 Å². The summed E-state index contributed by atoms with van der Waals surface area (Å²) < 4.78 is 12.8. The zero-order valence-electron chi connectivity index (χ0n) is 15.3. The largest absolute Gasteiger partial charge is 0.493 e. The van der Waals surface area contributed by atoms with Crippen LogP contribution in [0, 0.1) is 0 Å². The fraction of sp³-hybridized carbons (Fsp3) is 0.316. The quantitative estimate of drug-likeness (QED) is 0.745. The molecule has 0 spiro atoms. The van der Waals surface area contributed by atoms with Gasteiger partial charge in [-0.2, -0.15) is 5.10 Å². The van der Waals surface area contributed by atoms with E-state index in [0.29, 0.717) is 43.3 Å². The smallest absolute Gasteiger partial charge is 0.322 e. The Labute approximate surface area is 160 Å². The first kappa shape index (κ1) is 16.7. The molecular weight excluding hydrogens is 362 g/mol. The molecule has 0 aliphatic carbocycles. The first-order chi connectivity index (χ1) is 13.6. The number of hydrogen-bond donors (Lipinski definition) is 1. The minimum atomic E-state index is -0.152. The lowest BCUT2D eigenvalue weighted by molar-refractivity contribution is 0.0472. The van der Waals surface area contributed by atoms with Crippen LogP contribution in [-0.2, 0) is 0 Å². The lowest BCUT2D eigenvalue weighted by Gasteiger charge is -2.38. The number of likely N-dealkylation sites (tertiary alicyclic amines) is 1. The molecule has 144 valence electrons. The number of para-hydroxylation sites is 1. The molecule has 9 heteroatoms. The molecule has 2 aliphatic heterocycles. The molecule has 9 nitrogen and oxygen atoms in total. The fourth-order valence-electron chi connectivity index (χ4n) is 3.63. The molecule has 2 aromatic heterocycles. The van der Waals surface area contributed by atoms with Crippen molar-refractivity contribution in [3.05, 3.63) is 42.4 Å². The topological polar surface area (TPSA) is 92.8 Å². The zero-order chi connectivity index (χ0) is 19.3. The average Bonchev–Trinajstić information content (AvgIpc) is 3.38. The summed E-state index contributed by atoms with van der Waals surface area (Å²) >= 11 is 0. The summed E-state index contributed by atoms with van der Waals surface area (Å²) in [5, 5.41) is 7.96. The van der Waals surface area contributed by atoms with Gasteiger partial charge in [0.05, 0.1) is 25.0 Å². The highest BCUT2D eigenvalue weighted by Gasteiger charge is 2.35. The van der Waals surface area contributed by atoms with E-state index in [1.54, 1.807) is 35.2 Å². The van der Waals surface area contributed by atoms with Gasteiger partial charge in [0.25, 0.3) is 5.91 Å². The molecule has 2 saturated heterocycles. The Morgan fingerprint density at radius 3 is 2.96 bits per heavy atom. The Hall–Kier alpha value is -3.49. The number of hydrogen-bond acceptors (Lipinski definition) is 5. The number of rotatable bonds is 4. The lowest BCUT2D eigenvalue weighted by atomic mass is 10.1. The molecule has 3 aromatic rings. The summed E-state index contributed by atoms with van der Waals surface area (Å²) in [7, 11) is 1.57. The number of carbonyl (C=O) groups excluding carboxylic acids is 2. The van der Waals surface area contributed by atoms with Crippen molar-refractivity contribution in [1.82, 2.24) is 20.0 Å². The van der Waals surface area contributed by atoms with Crippen LogP contribution >= 0.6 is 0 Å². The standard InChI is InChI=1S/C19H19N5O4/c1-27-15-4-2-3-12-7-16(28-17(12)15)18(25)22-9-14(10-22)24-11-13(8-21-24)23-6-5-20-19(23)26/h2-4,7-8,11,14H,5-6,9-10H2,1H3,(H,20,26). The maximum Gasteiger partial charge on any atom is 0.322 e. The van der Waals surface area contributed by atoms with E-state index < -0.39 is 0 Å². The van der Waals surface area contributed by atoms with Crippen LogP contribution in [0.1, 0.15) is 16.6 Å². The third kappa shape index (κ3) is 2.58. The average molecular weight is 381 g/mol. The molecule has 0 unspecified atom stereocenters. The van der Waals surface area contributed by atoms with E-state index in [-0.39, 0.29) is 18.0 Å². The van der Waals surface area contributed by atoms with Crippen LogP contribution in [0.3, 0.4) is 0 Å². The van der Waals surface area contributed by atoms with Crippen LogP contribution in [0.4, 0.5) is 10.5 Å². The van der Waals surface area contributed by atoms with Gasteiger partial charge in [-0.25, -0.2) is 4.79 Å². The summed E-state index contributed by atoms with van der Waals surface area (Å²) in [6, 6.07) is 7.27. The predicted molar refractivity (Wildman–Crippen MR) is 101 cm³/mol. The third-order valence-corrected chi connectivity index (χ3v) is 5.22. The van der Waals surface area contributed by atoms with Crippen LogP contribution in [0.2, 0.25) is 0 Å². The van der Waals surface area contributed by atoms with Crippen molar-refractivity contribution >= 4 is 28.6 Å². The number of methoxy groups -OCH3 is 1. The SMILES string of the molecule is COc1cccc2cc(C(=O)N3CC(n4cc(N5CCNC5=O)cn4)C3)oc12. The third-order valence-electron chi connectivity index (χ3n) is 5.22. The molecule has 28 heavy (non-hydrogen) atoms. The molecule has 1 N–H and O–H groups in total. The number of furan rings is 1. The Balaban J connectivity index is 1.27. The molecule has 0 bridgehead atoms. The first-order valence-corrected chi connectivity index (χ1v) is 9.09. The second kappa shape index (κ2) is 6.29. The van der Waals surface area contributed by atoms with E-state index in [1.807, 2.05) is 23.0 Å². The van der Waals surface area contributed by atoms with Gasteiger partial charge in [-0.15, -0.1) is 0 Å². The van der Waals surface area contributed by atoms with Crippen molar-refractivity contribution in [2.75, 3.05) is 38.2 Å². The van der Waals surface area contributed by atoms with Crippen LogP contribution in [0.25, 0.3) is 11.0 Å². The Kier molecular flexibility index (Phi) is 3.75. The minimum absolute atomic E-state index is 0.0854. The van der Waals surface area contributed by atoms with Gasteiger partial charge in [0, 0.05) is 37.8 Å². The van der Waals surface area contributed by atoms with Crippen molar-refractivity contribution < 1.29 is 18.7 Å². The maximum atomic E-state index is 12.7. The normalized spacial score (nSPS) is 17.1. The number of nitrogens with zero attached hydrogens (tertiary/aromatic N) is 4. The van der Waals surface area contributed by atoms with Gasteiger partial charge in [-0.05, 0) is 12.1 Å². The van der Waals surface area contributed by atoms with Crippen LogP contribution in [0.15, 0.2) is 41.1 Å². The number of anilines is 1. The van der Waals surface area contributed by atoms with Crippen molar-refractivity contribution in [2.24, 2.45) is 0 Å². The molecule has 2 fully saturated rings.